The molecule has 3 heterocycles. The Morgan fingerprint density at radius 3 is 1.93 bits per heavy atom. The van der Waals surface area contributed by atoms with Crippen molar-refractivity contribution in [1.82, 2.24) is 9.80 Å². The van der Waals surface area contributed by atoms with Crippen LogP contribution in [0, 0.1) is 0 Å². The molecule has 2 aliphatic rings. The largest absolute Gasteiger partial charge is 0.480 e. The first-order chi connectivity index (χ1) is 13.7. The fourth-order valence-corrected chi connectivity index (χ4v) is 5.45. The minimum Gasteiger partial charge on any atom is -0.480 e. The summed E-state index contributed by atoms with van der Waals surface area (Å²) in [5, 5.41) is 17.0. The van der Waals surface area contributed by atoms with E-state index in [1.807, 2.05) is 0 Å². The van der Waals surface area contributed by atoms with Crippen molar-refractivity contribution < 1.29 is 34.2 Å². The van der Waals surface area contributed by atoms with Gasteiger partial charge in [0.1, 0.15) is 17.4 Å². The molecular formula is C16H10N2O7S4. The molecule has 0 atom stereocenters. The van der Waals surface area contributed by atoms with E-state index in [0.717, 1.165) is 16.7 Å². The number of nitrogens with zero attached hydrogens (tertiary/aromatic N) is 2. The molecule has 1 aromatic heterocycles. The monoisotopic (exact) mass is 470 g/mol. The van der Waals surface area contributed by atoms with Gasteiger partial charge in [0.2, 0.25) is 0 Å². The predicted octanol–water partition coefficient (Wildman–Crippen LogP) is 2.15. The Morgan fingerprint density at radius 2 is 1.38 bits per heavy atom. The Hall–Kier alpha value is -2.48. The van der Waals surface area contributed by atoms with Gasteiger partial charge in [0.25, 0.3) is 17.1 Å². The Kier molecular flexibility index (Phi) is 6.21. The van der Waals surface area contributed by atoms with Gasteiger partial charge in [-0.1, -0.05) is 24.0 Å². The van der Waals surface area contributed by atoms with Gasteiger partial charge in [-0.05, 0) is 36.0 Å². The molecule has 0 bridgehead atoms. The molecule has 0 unspecified atom stereocenters. The molecule has 2 aliphatic heterocycles. The second kappa shape index (κ2) is 8.49. The summed E-state index contributed by atoms with van der Waals surface area (Å²) in [6, 6.07) is 3.38. The summed E-state index contributed by atoms with van der Waals surface area (Å²) in [4.78, 5) is 61.2. The molecule has 0 aliphatic carbocycles. The number of aliphatic carboxylic acids is 2. The van der Waals surface area contributed by atoms with E-state index in [4.69, 9.17) is 22.4 Å². The topological polar surface area (TPSA) is 132 Å². The molecule has 0 spiro atoms. The number of hydrogen-bond acceptors (Lipinski definition) is 9. The second-order valence-corrected chi connectivity index (χ2v) is 9.38. The number of thioether (sulfide) groups is 2. The van der Waals surface area contributed by atoms with Crippen LogP contribution in [-0.4, -0.2) is 66.4 Å². The lowest BCUT2D eigenvalue weighted by atomic mass is 10.3. The maximum atomic E-state index is 12.3. The standard InChI is InChI=1S/C16H10N2O7S4/c19-11(20)5-17-13(23)9(28-15(17)25)3-7-1-2-8(27-7)4-10-14(24)18(6-12(21)22)16(26)29-10/h1-4H,5-6H2,(H,19,20)(H,21,22). The van der Waals surface area contributed by atoms with E-state index < -0.39 is 42.1 Å². The van der Waals surface area contributed by atoms with Crippen LogP contribution < -0.4 is 0 Å². The first kappa shape index (κ1) is 21.2. The van der Waals surface area contributed by atoms with E-state index in [-0.39, 0.29) is 14.1 Å². The number of carbonyl (C=O) groups is 5. The van der Waals surface area contributed by atoms with Gasteiger partial charge >= 0.3 is 11.9 Å². The second-order valence-electron chi connectivity index (χ2n) is 5.56. The van der Waals surface area contributed by atoms with E-state index in [1.165, 1.54) is 17.4 Å². The van der Waals surface area contributed by atoms with Gasteiger partial charge in [-0.2, -0.15) is 0 Å². The zero-order valence-electron chi connectivity index (χ0n) is 14.2. The summed E-state index contributed by atoms with van der Waals surface area (Å²) in [6.07, 6.45) is 3.05. The van der Waals surface area contributed by atoms with Crippen molar-refractivity contribution in [3.8, 4) is 0 Å². The van der Waals surface area contributed by atoms with Crippen molar-refractivity contribution in [2.75, 3.05) is 13.1 Å². The molecule has 150 valence electrons. The predicted molar refractivity (Wildman–Crippen MR) is 112 cm³/mol. The van der Waals surface area contributed by atoms with Gasteiger partial charge in [-0.25, -0.2) is 0 Å². The summed E-state index contributed by atoms with van der Waals surface area (Å²) in [5.74, 6) is -3.62. The third kappa shape index (κ3) is 4.75. The van der Waals surface area contributed by atoms with Gasteiger partial charge < -0.3 is 10.2 Å². The average molecular weight is 471 g/mol. The third-order valence-corrected chi connectivity index (χ3v) is 6.79. The first-order valence-corrected chi connectivity index (χ1v) is 10.6. The van der Waals surface area contributed by atoms with Gasteiger partial charge in [0.15, 0.2) is 0 Å². The minimum atomic E-state index is -1.29. The quantitative estimate of drug-likeness (QED) is 0.471. The van der Waals surface area contributed by atoms with Crippen LogP contribution in [0.15, 0.2) is 21.9 Å². The molecule has 13 heteroatoms. The number of imide groups is 1. The summed E-state index contributed by atoms with van der Waals surface area (Å²) < 4.78 is 0.160. The van der Waals surface area contributed by atoms with Crippen LogP contribution in [0.4, 0.5) is 4.79 Å². The number of carbonyl (C=O) groups excluding carboxylic acids is 3. The van der Waals surface area contributed by atoms with E-state index in [9.17, 15) is 24.0 Å². The Balaban J connectivity index is 1.77. The van der Waals surface area contributed by atoms with Crippen LogP contribution in [0.3, 0.4) is 0 Å². The molecule has 1 aromatic rings. The highest BCUT2D eigenvalue weighted by Gasteiger charge is 2.36. The van der Waals surface area contributed by atoms with Crippen molar-refractivity contribution in [2.24, 2.45) is 0 Å². The van der Waals surface area contributed by atoms with Gasteiger partial charge in [-0.3, -0.25) is 33.8 Å². The highest BCUT2D eigenvalue weighted by molar-refractivity contribution is 8.26. The van der Waals surface area contributed by atoms with Gasteiger partial charge in [-0.15, -0.1) is 11.3 Å². The summed E-state index contributed by atoms with van der Waals surface area (Å²) >= 11 is 7.92. The van der Waals surface area contributed by atoms with Crippen molar-refractivity contribution in [1.29, 1.82) is 0 Å². The maximum absolute atomic E-state index is 12.3. The molecule has 0 saturated carbocycles. The highest BCUT2D eigenvalue weighted by Crippen LogP contribution is 2.36. The molecule has 2 N–H and O–H groups in total. The highest BCUT2D eigenvalue weighted by atomic mass is 32.2. The van der Waals surface area contributed by atoms with Crippen LogP contribution in [0.5, 0.6) is 0 Å². The van der Waals surface area contributed by atoms with E-state index in [2.05, 4.69) is 0 Å². The first-order valence-electron chi connectivity index (χ1n) is 7.70. The van der Waals surface area contributed by atoms with Crippen molar-refractivity contribution in [3.05, 3.63) is 31.7 Å². The van der Waals surface area contributed by atoms with E-state index >= 15 is 0 Å². The molecule has 0 radical (unpaired) electrons. The number of carboxylic acid groups (broad SMARTS) is 2. The lowest BCUT2D eigenvalue weighted by molar-refractivity contribution is -0.140. The smallest absolute Gasteiger partial charge is 0.323 e. The zero-order valence-corrected chi connectivity index (χ0v) is 17.5. The molecule has 3 amide bonds. The average Bonchev–Trinajstić information content (AvgIpc) is 3.25. The molecule has 29 heavy (non-hydrogen) atoms. The van der Waals surface area contributed by atoms with Crippen LogP contribution in [0.2, 0.25) is 0 Å². The third-order valence-electron chi connectivity index (χ3n) is 3.53. The zero-order chi connectivity index (χ0) is 21.3. The SMILES string of the molecule is O=C(O)CN1C(=O)SC(=Cc2ccc(C=C3SC(=S)N(CC(=O)O)C3=O)s2)C1=O. The van der Waals surface area contributed by atoms with E-state index in [0.29, 0.717) is 26.4 Å². The van der Waals surface area contributed by atoms with Crippen LogP contribution >= 0.6 is 47.1 Å². The normalized spacial score (nSPS) is 19.9. The van der Waals surface area contributed by atoms with Crippen molar-refractivity contribution >= 4 is 92.5 Å². The lowest BCUT2D eigenvalue weighted by Crippen LogP contribution is -2.33. The fourth-order valence-electron chi connectivity index (χ4n) is 2.33. The maximum Gasteiger partial charge on any atom is 0.323 e. The molecule has 2 fully saturated rings. The summed E-state index contributed by atoms with van der Waals surface area (Å²) in [6.45, 7) is -1.21. The van der Waals surface area contributed by atoms with Crippen LogP contribution in [0.1, 0.15) is 9.75 Å². The molecular weight excluding hydrogens is 460 g/mol. The van der Waals surface area contributed by atoms with Crippen molar-refractivity contribution in [2.45, 2.75) is 0 Å². The summed E-state index contributed by atoms with van der Waals surface area (Å²) in [5.41, 5.74) is 0. The lowest BCUT2D eigenvalue weighted by Gasteiger charge is -2.09. The number of amides is 3. The molecule has 9 nitrogen and oxygen atoms in total. The van der Waals surface area contributed by atoms with E-state index in [1.54, 1.807) is 18.2 Å². The summed E-state index contributed by atoms with van der Waals surface area (Å²) in [7, 11) is 0. The minimum absolute atomic E-state index is 0.109. The van der Waals surface area contributed by atoms with Crippen molar-refractivity contribution in [3.63, 3.8) is 0 Å². The Bertz CT molecular complexity index is 948. The Labute approximate surface area is 181 Å². The van der Waals surface area contributed by atoms with Crippen LogP contribution in [-0.2, 0) is 19.2 Å². The number of thiophene rings is 1. The number of carboxylic acids is 2. The molecule has 2 saturated heterocycles. The fraction of sp³-hybridized carbons (Fsp3) is 0.125. The van der Waals surface area contributed by atoms with Gasteiger partial charge in [0.05, 0.1) is 9.81 Å². The molecule has 3 rings (SSSR count). The number of hydrogen-bond donors (Lipinski definition) is 2. The Morgan fingerprint density at radius 1 is 0.897 bits per heavy atom. The number of rotatable bonds is 6. The van der Waals surface area contributed by atoms with Crippen LogP contribution in [0.25, 0.3) is 12.2 Å². The number of thiocarbonyl (C=S) groups is 1. The molecule has 0 aromatic carbocycles. The van der Waals surface area contributed by atoms with Gasteiger partial charge in [0, 0.05) is 9.75 Å².